The summed E-state index contributed by atoms with van der Waals surface area (Å²) in [6, 6.07) is 10.2. The van der Waals surface area contributed by atoms with Crippen molar-refractivity contribution >= 4 is 5.97 Å². The van der Waals surface area contributed by atoms with Gasteiger partial charge in [0.1, 0.15) is 6.10 Å². The normalized spacial score (nSPS) is 36.7. The van der Waals surface area contributed by atoms with E-state index in [-0.39, 0.29) is 12.1 Å². The van der Waals surface area contributed by atoms with E-state index in [0.717, 1.165) is 18.3 Å². The van der Waals surface area contributed by atoms with Crippen LogP contribution in [-0.2, 0) is 16.0 Å². The Morgan fingerprint density at radius 1 is 0.952 bits per heavy atom. The Bertz CT molecular complexity index is 480. The van der Waals surface area contributed by atoms with Crippen LogP contribution in [0.2, 0.25) is 0 Å². The van der Waals surface area contributed by atoms with E-state index >= 15 is 0 Å². The van der Waals surface area contributed by atoms with Crippen LogP contribution in [0.1, 0.15) is 44.1 Å². The number of hydrogen-bond donors (Lipinski definition) is 0. The van der Waals surface area contributed by atoms with Crippen molar-refractivity contribution in [2.75, 3.05) is 0 Å². The second kappa shape index (κ2) is 5.47. The average molecular weight is 284 g/mol. The maximum Gasteiger partial charge on any atom is 0.306 e. The lowest BCUT2D eigenvalue weighted by Crippen LogP contribution is -2.50. The molecule has 4 aliphatic rings. The van der Waals surface area contributed by atoms with Gasteiger partial charge in [-0.2, -0.15) is 0 Å². The van der Waals surface area contributed by atoms with E-state index in [4.69, 9.17) is 4.74 Å². The summed E-state index contributed by atoms with van der Waals surface area (Å²) in [6.45, 7) is 0. The summed E-state index contributed by atoms with van der Waals surface area (Å²) < 4.78 is 5.91. The van der Waals surface area contributed by atoms with Crippen molar-refractivity contribution < 1.29 is 9.53 Å². The molecule has 0 aliphatic heterocycles. The first-order chi connectivity index (χ1) is 10.3. The van der Waals surface area contributed by atoms with Crippen molar-refractivity contribution in [2.45, 2.75) is 51.0 Å². The monoisotopic (exact) mass is 284 g/mol. The number of benzene rings is 1. The standard InChI is InChI=1S/C19H24O2/c20-18(7-6-13-4-2-1-3-5-13)21-19-16-9-14-8-15(11-16)12-17(19)10-14/h1-5,14-17,19H,6-12H2. The lowest BCUT2D eigenvalue weighted by Gasteiger charge is -2.53. The highest BCUT2D eigenvalue weighted by Crippen LogP contribution is 2.54. The molecule has 0 saturated heterocycles. The predicted octanol–water partition coefficient (Wildman–Crippen LogP) is 3.99. The van der Waals surface area contributed by atoms with E-state index in [0.29, 0.717) is 18.3 Å². The third-order valence-electron chi connectivity index (χ3n) is 5.87. The Balaban J connectivity index is 1.33. The molecule has 2 heteroatoms. The Morgan fingerprint density at radius 2 is 1.57 bits per heavy atom. The Kier molecular flexibility index (Phi) is 3.48. The molecule has 0 unspecified atom stereocenters. The lowest BCUT2D eigenvalue weighted by atomic mass is 9.55. The summed E-state index contributed by atoms with van der Waals surface area (Å²) in [4.78, 5) is 12.2. The van der Waals surface area contributed by atoms with Crippen LogP contribution in [0, 0.1) is 23.7 Å². The number of rotatable bonds is 4. The molecule has 4 bridgehead atoms. The van der Waals surface area contributed by atoms with Crippen molar-refractivity contribution in [1.29, 1.82) is 0 Å². The van der Waals surface area contributed by atoms with Crippen molar-refractivity contribution in [2.24, 2.45) is 23.7 Å². The summed E-state index contributed by atoms with van der Waals surface area (Å²) in [6.07, 6.45) is 8.24. The molecule has 1 aromatic rings. The molecule has 0 aromatic heterocycles. The third-order valence-corrected chi connectivity index (χ3v) is 5.87. The van der Waals surface area contributed by atoms with Crippen molar-refractivity contribution in [3.8, 4) is 0 Å². The van der Waals surface area contributed by atoms with Gasteiger partial charge in [-0.15, -0.1) is 0 Å². The van der Waals surface area contributed by atoms with Crippen LogP contribution in [0.15, 0.2) is 30.3 Å². The molecule has 0 spiro atoms. The topological polar surface area (TPSA) is 26.3 Å². The van der Waals surface area contributed by atoms with Crippen LogP contribution < -0.4 is 0 Å². The number of carbonyl (C=O) groups excluding carboxylic acids is 1. The fraction of sp³-hybridized carbons (Fsp3) is 0.632. The molecule has 0 radical (unpaired) electrons. The molecule has 2 nitrogen and oxygen atoms in total. The van der Waals surface area contributed by atoms with Crippen LogP contribution in [-0.4, -0.2) is 12.1 Å². The number of carbonyl (C=O) groups is 1. The van der Waals surface area contributed by atoms with E-state index in [1.165, 1.54) is 37.7 Å². The van der Waals surface area contributed by atoms with Gasteiger partial charge in [-0.1, -0.05) is 30.3 Å². The zero-order chi connectivity index (χ0) is 14.2. The molecule has 4 aliphatic carbocycles. The van der Waals surface area contributed by atoms with E-state index in [9.17, 15) is 4.79 Å². The number of hydrogen-bond acceptors (Lipinski definition) is 2. The van der Waals surface area contributed by atoms with Crippen molar-refractivity contribution in [3.63, 3.8) is 0 Å². The van der Waals surface area contributed by atoms with Crippen LogP contribution in [0.3, 0.4) is 0 Å². The van der Waals surface area contributed by atoms with Gasteiger partial charge in [0, 0.05) is 6.42 Å². The van der Waals surface area contributed by atoms with Crippen LogP contribution in [0.5, 0.6) is 0 Å². The minimum atomic E-state index is 0.0105. The van der Waals surface area contributed by atoms with E-state index < -0.39 is 0 Å². The van der Waals surface area contributed by atoms with Crippen LogP contribution in [0.25, 0.3) is 0 Å². The van der Waals surface area contributed by atoms with Gasteiger partial charge in [-0.3, -0.25) is 4.79 Å². The van der Waals surface area contributed by atoms with Gasteiger partial charge in [0.2, 0.25) is 0 Å². The quantitative estimate of drug-likeness (QED) is 0.782. The first-order valence-electron chi connectivity index (χ1n) is 8.51. The smallest absolute Gasteiger partial charge is 0.306 e. The van der Waals surface area contributed by atoms with Crippen LogP contribution in [0.4, 0.5) is 0 Å². The summed E-state index contributed by atoms with van der Waals surface area (Å²) in [5, 5.41) is 0. The van der Waals surface area contributed by atoms with Gasteiger partial charge in [0.25, 0.3) is 0 Å². The maximum absolute atomic E-state index is 12.2. The second-order valence-electron chi connectivity index (χ2n) is 7.37. The summed E-state index contributed by atoms with van der Waals surface area (Å²) in [5.74, 6) is 3.22. The molecule has 0 N–H and O–H groups in total. The minimum Gasteiger partial charge on any atom is -0.462 e. The van der Waals surface area contributed by atoms with Gasteiger partial charge in [-0.05, 0) is 67.8 Å². The highest BCUT2D eigenvalue weighted by Gasteiger charge is 2.49. The number of aryl methyl sites for hydroxylation is 1. The molecule has 0 atom stereocenters. The predicted molar refractivity (Wildman–Crippen MR) is 81.7 cm³/mol. The summed E-state index contributed by atoms with van der Waals surface area (Å²) >= 11 is 0. The first kappa shape index (κ1) is 13.4. The highest BCUT2D eigenvalue weighted by atomic mass is 16.5. The molecule has 4 fully saturated rings. The molecule has 0 heterocycles. The van der Waals surface area contributed by atoms with Gasteiger partial charge < -0.3 is 4.74 Å². The van der Waals surface area contributed by atoms with Crippen LogP contribution >= 0.6 is 0 Å². The molecule has 21 heavy (non-hydrogen) atoms. The zero-order valence-corrected chi connectivity index (χ0v) is 12.5. The van der Waals surface area contributed by atoms with Crippen molar-refractivity contribution in [3.05, 3.63) is 35.9 Å². The number of esters is 1. The molecular formula is C19H24O2. The van der Waals surface area contributed by atoms with E-state index in [1.807, 2.05) is 18.2 Å². The molecule has 5 rings (SSSR count). The first-order valence-corrected chi connectivity index (χ1v) is 8.51. The Labute approximate surface area is 126 Å². The summed E-state index contributed by atoms with van der Waals surface area (Å²) in [5.41, 5.74) is 1.22. The van der Waals surface area contributed by atoms with Gasteiger partial charge in [0.05, 0.1) is 0 Å². The zero-order valence-electron chi connectivity index (χ0n) is 12.5. The molecule has 0 amide bonds. The van der Waals surface area contributed by atoms with Gasteiger partial charge in [0.15, 0.2) is 0 Å². The van der Waals surface area contributed by atoms with E-state index in [1.54, 1.807) is 0 Å². The molecule has 1 aromatic carbocycles. The highest BCUT2D eigenvalue weighted by molar-refractivity contribution is 5.70. The SMILES string of the molecule is O=C(CCc1ccccc1)OC1C2CC3CC(C2)CC1C3. The fourth-order valence-electron chi connectivity index (χ4n) is 5.17. The lowest BCUT2D eigenvalue weighted by molar-refractivity contribution is -0.170. The Morgan fingerprint density at radius 3 is 2.19 bits per heavy atom. The van der Waals surface area contributed by atoms with Gasteiger partial charge in [-0.25, -0.2) is 0 Å². The largest absolute Gasteiger partial charge is 0.462 e. The fourth-order valence-corrected chi connectivity index (χ4v) is 5.17. The minimum absolute atomic E-state index is 0.0105. The second-order valence-corrected chi connectivity index (χ2v) is 7.37. The Hall–Kier alpha value is -1.31. The average Bonchev–Trinajstić information content (AvgIpc) is 2.49. The number of ether oxygens (including phenoxy) is 1. The molecule has 112 valence electrons. The molecular weight excluding hydrogens is 260 g/mol. The summed E-state index contributed by atoms with van der Waals surface area (Å²) in [7, 11) is 0. The van der Waals surface area contributed by atoms with Crippen molar-refractivity contribution in [1.82, 2.24) is 0 Å². The molecule has 4 saturated carbocycles. The third kappa shape index (κ3) is 2.73. The van der Waals surface area contributed by atoms with Gasteiger partial charge >= 0.3 is 5.97 Å². The maximum atomic E-state index is 12.2. The van der Waals surface area contributed by atoms with E-state index in [2.05, 4.69) is 12.1 Å².